The zero-order valence-electron chi connectivity index (χ0n) is 20.5. The van der Waals surface area contributed by atoms with E-state index in [1.165, 1.54) is 12.1 Å². The number of halogens is 2. The van der Waals surface area contributed by atoms with Crippen LogP contribution in [0.15, 0.2) is 48.7 Å². The number of carboxylic acid groups (broad SMARTS) is 1. The molecule has 0 fully saturated rings. The van der Waals surface area contributed by atoms with E-state index >= 15 is 0 Å². The summed E-state index contributed by atoms with van der Waals surface area (Å²) in [5.41, 5.74) is 9.09. The number of nitrogens with zero attached hydrogens (tertiary/aromatic N) is 2. The molecule has 0 aliphatic rings. The van der Waals surface area contributed by atoms with Crippen LogP contribution in [0.2, 0.25) is 0 Å². The number of aromatic nitrogens is 2. The average Bonchev–Trinajstić information content (AvgIpc) is 3.17. The number of carbonyl (C=O) groups is 2. The number of pyridine rings is 1. The van der Waals surface area contributed by atoms with Crippen LogP contribution in [0.3, 0.4) is 0 Å². The van der Waals surface area contributed by atoms with Crippen molar-refractivity contribution in [2.75, 3.05) is 6.54 Å². The minimum Gasteiger partial charge on any atom is -0.485 e. The molecule has 1 unspecified atom stereocenters. The van der Waals surface area contributed by atoms with Crippen LogP contribution in [0, 0.1) is 32.4 Å². The van der Waals surface area contributed by atoms with Gasteiger partial charge in [-0.2, -0.15) is 0 Å². The van der Waals surface area contributed by atoms with Crippen LogP contribution in [0.5, 0.6) is 5.75 Å². The molecule has 0 radical (unpaired) electrons. The van der Waals surface area contributed by atoms with Gasteiger partial charge in [-0.25, -0.2) is 18.6 Å². The van der Waals surface area contributed by atoms with Crippen LogP contribution in [-0.4, -0.2) is 32.9 Å². The normalized spacial score (nSPS) is 11.9. The highest BCUT2D eigenvalue weighted by atomic mass is 19.1. The fourth-order valence-corrected chi connectivity index (χ4v) is 4.24. The van der Waals surface area contributed by atoms with Crippen molar-refractivity contribution < 1.29 is 28.2 Å². The number of hydrogen-bond acceptors (Lipinski definition) is 5. The number of carboxylic acids is 1. The molecular weight excluding hydrogens is 482 g/mol. The molecule has 8 nitrogen and oxygen atoms in total. The third-order valence-corrected chi connectivity index (χ3v) is 6.13. The summed E-state index contributed by atoms with van der Waals surface area (Å²) in [5, 5.41) is 12.1. The molecule has 37 heavy (non-hydrogen) atoms. The second-order valence-electron chi connectivity index (χ2n) is 8.75. The number of amides is 1. The van der Waals surface area contributed by atoms with Gasteiger partial charge < -0.3 is 20.9 Å². The Morgan fingerprint density at radius 3 is 2.49 bits per heavy atom. The van der Waals surface area contributed by atoms with E-state index in [2.05, 4.69) is 10.3 Å². The van der Waals surface area contributed by atoms with Crippen LogP contribution < -0.4 is 15.8 Å². The summed E-state index contributed by atoms with van der Waals surface area (Å²) in [6.07, 6.45) is 1.71. The summed E-state index contributed by atoms with van der Waals surface area (Å²) in [6, 6.07) is 9.45. The number of nitrogens with two attached hydrogens (primary N) is 1. The molecule has 192 valence electrons. The summed E-state index contributed by atoms with van der Waals surface area (Å²) in [6.45, 7) is 4.83. The number of nitrogens with one attached hydrogen (secondary N) is 1. The van der Waals surface area contributed by atoms with Crippen molar-refractivity contribution in [2.45, 2.75) is 33.4 Å². The van der Waals surface area contributed by atoms with Gasteiger partial charge in [0.2, 0.25) is 0 Å². The van der Waals surface area contributed by atoms with Crippen LogP contribution >= 0.6 is 0 Å². The predicted molar refractivity (Wildman–Crippen MR) is 133 cm³/mol. The minimum atomic E-state index is -1.05. The molecule has 0 saturated carbocycles. The number of aromatic carboxylic acids is 1. The summed E-state index contributed by atoms with van der Waals surface area (Å²) in [4.78, 5) is 29.0. The molecule has 0 bridgehead atoms. The molecule has 10 heteroatoms. The predicted octanol–water partition coefficient (Wildman–Crippen LogP) is 4.24. The fraction of sp³-hybridized carbons (Fsp3) is 0.222. The second kappa shape index (κ2) is 10.4. The van der Waals surface area contributed by atoms with E-state index in [1.807, 2.05) is 0 Å². The molecule has 0 aliphatic heterocycles. The standard InChI is InChI=1S/C27H26F2N4O4/c1-14-10-23(37-13-19-20(28)8-5-9-21(19)29)25-32-16(3)24(33(25)12-14)26(34)31-11-22(30)17-6-4-7-18(15(17)2)27(35)36/h4-10,12,22H,11,13,30H2,1-3H3,(H,31,34)(H,35,36). The molecule has 1 atom stereocenters. The van der Waals surface area contributed by atoms with Gasteiger partial charge >= 0.3 is 5.97 Å². The Morgan fingerprint density at radius 2 is 1.81 bits per heavy atom. The van der Waals surface area contributed by atoms with Gasteiger partial charge in [0, 0.05) is 18.8 Å². The molecule has 4 aromatic rings. The SMILES string of the molecule is Cc1cc(OCc2c(F)cccc2F)c2nc(C)c(C(=O)NCC(N)c3cccc(C(=O)O)c3C)n2c1. The number of imidazole rings is 1. The number of fused-ring (bicyclic) bond motifs is 1. The van der Waals surface area contributed by atoms with E-state index < -0.39 is 29.6 Å². The van der Waals surface area contributed by atoms with E-state index in [1.54, 1.807) is 49.6 Å². The summed E-state index contributed by atoms with van der Waals surface area (Å²) < 4.78 is 35.4. The lowest BCUT2D eigenvalue weighted by atomic mass is 9.97. The zero-order chi connectivity index (χ0) is 26.9. The number of hydrogen-bond donors (Lipinski definition) is 3. The molecule has 0 spiro atoms. The smallest absolute Gasteiger partial charge is 0.335 e. The van der Waals surface area contributed by atoms with Gasteiger partial charge in [-0.1, -0.05) is 18.2 Å². The third kappa shape index (κ3) is 5.14. The fourth-order valence-electron chi connectivity index (χ4n) is 4.24. The van der Waals surface area contributed by atoms with Crippen molar-refractivity contribution in [1.82, 2.24) is 14.7 Å². The highest BCUT2D eigenvalue weighted by Crippen LogP contribution is 2.26. The Morgan fingerprint density at radius 1 is 1.14 bits per heavy atom. The van der Waals surface area contributed by atoms with E-state index in [0.717, 1.165) is 17.7 Å². The molecule has 2 heterocycles. The Hall–Kier alpha value is -4.31. The van der Waals surface area contributed by atoms with Gasteiger partial charge in [-0.3, -0.25) is 9.20 Å². The number of aryl methyl sites for hydroxylation is 2. The Bertz CT molecular complexity index is 1500. The molecule has 4 N–H and O–H groups in total. The molecule has 1 amide bonds. The quantitative estimate of drug-likeness (QED) is 0.328. The van der Waals surface area contributed by atoms with Crippen molar-refractivity contribution in [1.29, 1.82) is 0 Å². The van der Waals surface area contributed by atoms with Crippen molar-refractivity contribution in [3.8, 4) is 5.75 Å². The zero-order valence-corrected chi connectivity index (χ0v) is 20.5. The Labute approximate surface area is 211 Å². The molecule has 4 rings (SSSR count). The van der Waals surface area contributed by atoms with Gasteiger partial charge in [0.15, 0.2) is 11.4 Å². The van der Waals surface area contributed by atoms with Crippen molar-refractivity contribution in [2.24, 2.45) is 5.73 Å². The average molecular weight is 509 g/mol. The van der Waals surface area contributed by atoms with Gasteiger partial charge in [-0.15, -0.1) is 0 Å². The van der Waals surface area contributed by atoms with Gasteiger partial charge in [0.05, 0.1) is 16.8 Å². The lowest BCUT2D eigenvalue weighted by Crippen LogP contribution is -2.33. The molecule has 2 aromatic carbocycles. The first kappa shape index (κ1) is 25.8. The van der Waals surface area contributed by atoms with Crippen molar-refractivity contribution >= 4 is 17.5 Å². The largest absolute Gasteiger partial charge is 0.485 e. The van der Waals surface area contributed by atoms with Gasteiger partial charge in [0.25, 0.3) is 5.91 Å². The lowest BCUT2D eigenvalue weighted by molar-refractivity contribution is 0.0695. The molecule has 0 aliphatic carbocycles. The third-order valence-electron chi connectivity index (χ3n) is 6.13. The second-order valence-corrected chi connectivity index (χ2v) is 8.75. The van der Waals surface area contributed by atoms with Crippen LogP contribution in [0.4, 0.5) is 8.78 Å². The van der Waals surface area contributed by atoms with Crippen LogP contribution in [-0.2, 0) is 6.61 Å². The van der Waals surface area contributed by atoms with Crippen LogP contribution in [0.1, 0.15) is 54.8 Å². The first-order chi connectivity index (χ1) is 17.6. The van der Waals surface area contributed by atoms with Crippen LogP contribution in [0.25, 0.3) is 5.65 Å². The summed E-state index contributed by atoms with van der Waals surface area (Å²) in [5.74, 6) is -2.66. The maximum Gasteiger partial charge on any atom is 0.335 e. The number of benzene rings is 2. The Kier molecular flexibility index (Phi) is 7.21. The molecule has 0 saturated heterocycles. The summed E-state index contributed by atoms with van der Waals surface area (Å²) >= 11 is 0. The van der Waals surface area contributed by atoms with Crippen molar-refractivity contribution in [3.63, 3.8) is 0 Å². The maximum atomic E-state index is 14.0. The highest BCUT2D eigenvalue weighted by Gasteiger charge is 2.22. The minimum absolute atomic E-state index is 0.0527. The Balaban J connectivity index is 1.57. The number of rotatable bonds is 8. The number of ether oxygens (including phenoxy) is 1. The lowest BCUT2D eigenvalue weighted by Gasteiger charge is -2.17. The highest BCUT2D eigenvalue weighted by molar-refractivity contribution is 5.95. The topological polar surface area (TPSA) is 119 Å². The summed E-state index contributed by atoms with van der Waals surface area (Å²) in [7, 11) is 0. The van der Waals surface area contributed by atoms with E-state index in [-0.39, 0.29) is 35.7 Å². The number of carbonyl (C=O) groups excluding carboxylic acids is 1. The van der Waals surface area contributed by atoms with E-state index in [4.69, 9.17) is 10.5 Å². The maximum absolute atomic E-state index is 14.0. The first-order valence-corrected chi connectivity index (χ1v) is 11.5. The molecular formula is C27H26F2N4O4. The van der Waals surface area contributed by atoms with Gasteiger partial charge in [-0.05, 0) is 61.7 Å². The van der Waals surface area contributed by atoms with Gasteiger partial charge in [0.1, 0.15) is 23.9 Å². The monoisotopic (exact) mass is 508 g/mol. The first-order valence-electron chi connectivity index (χ1n) is 11.5. The molecule has 2 aromatic heterocycles. The van der Waals surface area contributed by atoms with Crippen molar-refractivity contribution in [3.05, 3.63) is 99.5 Å². The van der Waals surface area contributed by atoms with E-state index in [0.29, 0.717) is 22.5 Å². The van der Waals surface area contributed by atoms with E-state index in [9.17, 15) is 23.5 Å².